The van der Waals surface area contributed by atoms with Crippen molar-refractivity contribution in [3.8, 4) is 0 Å². The maximum atomic E-state index is 12.7. The van der Waals surface area contributed by atoms with E-state index >= 15 is 0 Å². The number of nitrogens with zero attached hydrogens (tertiary/aromatic N) is 4. The van der Waals surface area contributed by atoms with Gasteiger partial charge in [0.2, 0.25) is 11.7 Å². The van der Waals surface area contributed by atoms with Crippen LogP contribution in [0.2, 0.25) is 0 Å². The fraction of sp³-hybridized carbons (Fsp3) is 0.500. The molecule has 1 spiro atoms. The molecule has 1 aromatic carbocycles. The Balaban J connectivity index is 1.52. The number of rotatable bonds is 3. The SMILES string of the molecule is CN(C)[C@]1(c2ccccc2)CC[C@@]2(CC1)CC(=O)N(c1cnc(C(F)(F)F)nc1)C2. The van der Waals surface area contributed by atoms with E-state index in [-0.39, 0.29) is 16.9 Å². The summed E-state index contributed by atoms with van der Waals surface area (Å²) >= 11 is 0. The molecule has 0 bridgehead atoms. The minimum absolute atomic E-state index is 0.0690. The fourth-order valence-corrected chi connectivity index (χ4v) is 5.01. The molecule has 1 saturated heterocycles. The lowest BCUT2D eigenvalue weighted by atomic mass is 9.64. The Morgan fingerprint density at radius 3 is 2.13 bits per heavy atom. The molecule has 0 unspecified atom stereocenters. The Morgan fingerprint density at radius 2 is 1.60 bits per heavy atom. The van der Waals surface area contributed by atoms with E-state index in [1.165, 1.54) is 5.56 Å². The molecule has 1 aliphatic carbocycles. The van der Waals surface area contributed by atoms with Gasteiger partial charge in [-0.1, -0.05) is 30.3 Å². The summed E-state index contributed by atoms with van der Waals surface area (Å²) in [5.74, 6) is -1.26. The van der Waals surface area contributed by atoms with E-state index in [0.717, 1.165) is 38.1 Å². The highest BCUT2D eigenvalue weighted by Crippen LogP contribution is 2.52. The van der Waals surface area contributed by atoms with E-state index in [9.17, 15) is 18.0 Å². The fourth-order valence-electron chi connectivity index (χ4n) is 5.01. The lowest BCUT2D eigenvalue weighted by Crippen LogP contribution is -2.47. The monoisotopic (exact) mass is 418 g/mol. The highest BCUT2D eigenvalue weighted by molar-refractivity contribution is 5.96. The summed E-state index contributed by atoms with van der Waals surface area (Å²) < 4.78 is 38.2. The van der Waals surface area contributed by atoms with Crippen LogP contribution in [-0.2, 0) is 16.5 Å². The first kappa shape index (κ1) is 20.8. The summed E-state index contributed by atoms with van der Waals surface area (Å²) in [5.41, 5.74) is 1.38. The number of hydrogen-bond acceptors (Lipinski definition) is 4. The third-order valence-corrected chi connectivity index (χ3v) is 6.83. The van der Waals surface area contributed by atoms with Crippen LogP contribution in [0.1, 0.15) is 43.5 Å². The molecule has 0 atom stereocenters. The van der Waals surface area contributed by atoms with Gasteiger partial charge in [-0.25, -0.2) is 9.97 Å². The molecule has 4 rings (SSSR count). The van der Waals surface area contributed by atoms with E-state index in [4.69, 9.17) is 0 Å². The molecule has 8 heteroatoms. The number of benzene rings is 1. The predicted octanol–water partition coefficient (Wildman–Crippen LogP) is 4.25. The van der Waals surface area contributed by atoms with E-state index in [1.54, 1.807) is 4.90 Å². The van der Waals surface area contributed by atoms with Crippen molar-refractivity contribution in [2.45, 2.75) is 43.8 Å². The highest BCUT2D eigenvalue weighted by atomic mass is 19.4. The number of carbonyl (C=O) groups excluding carboxylic acids is 1. The van der Waals surface area contributed by atoms with Crippen LogP contribution in [0.25, 0.3) is 0 Å². The average molecular weight is 418 g/mol. The molecular weight excluding hydrogens is 393 g/mol. The molecule has 1 aliphatic heterocycles. The number of amides is 1. The quantitative estimate of drug-likeness (QED) is 0.748. The minimum Gasteiger partial charge on any atom is -0.309 e. The van der Waals surface area contributed by atoms with Crippen molar-refractivity contribution in [2.24, 2.45) is 5.41 Å². The van der Waals surface area contributed by atoms with Gasteiger partial charge in [-0.15, -0.1) is 0 Å². The first-order chi connectivity index (χ1) is 14.2. The second-order valence-electron chi connectivity index (χ2n) is 8.71. The number of alkyl halides is 3. The van der Waals surface area contributed by atoms with E-state index < -0.39 is 12.0 Å². The normalized spacial score (nSPS) is 27.3. The van der Waals surface area contributed by atoms with Crippen molar-refractivity contribution in [3.05, 3.63) is 54.1 Å². The Morgan fingerprint density at radius 1 is 1.00 bits per heavy atom. The summed E-state index contributed by atoms with van der Waals surface area (Å²) in [7, 11) is 4.19. The van der Waals surface area contributed by atoms with Gasteiger partial charge >= 0.3 is 6.18 Å². The van der Waals surface area contributed by atoms with Gasteiger partial charge in [0.1, 0.15) is 0 Å². The Hall–Kier alpha value is -2.48. The minimum atomic E-state index is -4.59. The number of halogens is 3. The zero-order chi connectivity index (χ0) is 21.6. The molecular formula is C22H25F3N4O. The van der Waals surface area contributed by atoms with Crippen molar-refractivity contribution >= 4 is 11.6 Å². The maximum absolute atomic E-state index is 12.7. The molecule has 30 heavy (non-hydrogen) atoms. The van der Waals surface area contributed by atoms with Crippen molar-refractivity contribution < 1.29 is 18.0 Å². The zero-order valence-electron chi connectivity index (χ0n) is 17.1. The standard InChI is InChI=1S/C22H25F3N4O/c1-28(2)21(16-6-4-3-5-7-16)10-8-20(9-11-21)12-18(30)29(15-20)17-13-26-19(27-14-17)22(23,24)25/h3-7,13-14H,8-12,15H2,1-2H3/t20-,21-. The van der Waals surface area contributed by atoms with E-state index in [1.807, 2.05) is 6.07 Å². The van der Waals surface area contributed by atoms with Crippen LogP contribution in [0.4, 0.5) is 18.9 Å². The average Bonchev–Trinajstić information content (AvgIpc) is 3.04. The maximum Gasteiger partial charge on any atom is 0.451 e. The van der Waals surface area contributed by atoms with Crippen LogP contribution in [0.5, 0.6) is 0 Å². The number of hydrogen-bond donors (Lipinski definition) is 0. The topological polar surface area (TPSA) is 49.3 Å². The zero-order valence-corrected chi connectivity index (χ0v) is 17.1. The van der Waals surface area contributed by atoms with Crippen LogP contribution in [0.15, 0.2) is 42.7 Å². The molecule has 5 nitrogen and oxygen atoms in total. The van der Waals surface area contributed by atoms with Crippen LogP contribution in [-0.4, -0.2) is 41.4 Å². The summed E-state index contributed by atoms with van der Waals surface area (Å²) in [5, 5.41) is 0. The van der Waals surface area contributed by atoms with Crippen LogP contribution < -0.4 is 4.90 Å². The van der Waals surface area contributed by atoms with Crippen molar-refractivity contribution in [1.29, 1.82) is 0 Å². The predicted molar refractivity (Wildman–Crippen MR) is 107 cm³/mol. The second kappa shape index (κ2) is 7.34. The van der Waals surface area contributed by atoms with Crippen molar-refractivity contribution in [2.75, 3.05) is 25.5 Å². The highest BCUT2D eigenvalue weighted by Gasteiger charge is 2.50. The molecule has 2 heterocycles. The molecule has 160 valence electrons. The lowest BCUT2D eigenvalue weighted by Gasteiger charge is -2.48. The first-order valence-corrected chi connectivity index (χ1v) is 10.1. The second-order valence-corrected chi connectivity index (χ2v) is 8.71. The van der Waals surface area contributed by atoms with Crippen LogP contribution >= 0.6 is 0 Å². The molecule has 0 radical (unpaired) electrons. The van der Waals surface area contributed by atoms with Gasteiger partial charge in [-0.2, -0.15) is 13.2 Å². The third-order valence-electron chi connectivity index (χ3n) is 6.83. The smallest absolute Gasteiger partial charge is 0.309 e. The Kier molecular flexibility index (Phi) is 5.08. The molecule has 2 fully saturated rings. The first-order valence-electron chi connectivity index (χ1n) is 10.1. The Bertz CT molecular complexity index is 904. The molecule has 1 saturated carbocycles. The molecule has 2 aliphatic rings. The molecule has 1 aromatic heterocycles. The summed E-state index contributed by atoms with van der Waals surface area (Å²) in [6.45, 7) is 0.499. The Labute approximate surface area is 173 Å². The largest absolute Gasteiger partial charge is 0.451 e. The van der Waals surface area contributed by atoms with Gasteiger partial charge in [0.05, 0.1) is 18.1 Å². The molecule has 0 N–H and O–H groups in total. The summed E-state index contributed by atoms with van der Waals surface area (Å²) in [6, 6.07) is 10.4. The molecule has 1 amide bonds. The number of anilines is 1. The number of carbonyl (C=O) groups is 1. The van der Waals surface area contributed by atoms with Crippen molar-refractivity contribution in [1.82, 2.24) is 14.9 Å². The van der Waals surface area contributed by atoms with Gasteiger partial charge in [-0.05, 0) is 50.8 Å². The van der Waals surface area contributed by atoms with Crippen LogP contribution in [0.3, 0.4) is 0 Å². The van der Waals surface area contributed by atoms with Gasteiger partial charge < -0.3 is 4.90 Å². The van der Waals surface area contributed by atoms with E-state index in [0.29, 0.717) is 18.7 Å². The number of aromatic nitrogens is 2. The summed E-state index contributed by atoms with van der Waals surface area (Å²) in [6.07, 6.45) is 1.63. The van der Waals surface area contributed by atoms with E-state index in [2.05, 4.69) is 53.2 Å². The van der Waals surface area contributed by atoms with Crippen LogP contribution in [0, 0.1) is 5.41 Å². The van der Waals surface area contributed by atoms with Gasteiger partial charge in [-0.3, -0.25) is 9.69 Å². The van der Waals surface area contributed by atoms with Crippen molar-refractivity contribution in [3.63, 3.8) is 0 Å². The van der Waals surface area contributed by atoms with Gasteiger partial charge in [0.25, 0.3) is 0 Å². The summed E-state index contributed by atoms with van der Waals surface area (Å²) in [4.78, 5) is 23.4. The molecule has 2 aromatic rings. The van der Waals surface area contributed by atoms with Gasteiger partial charge in [0.15, 0.2) is 0 Å². The lowest BCUT2D eigenvalue weighted by molar-refractivity contribution is -0.144. The van der Waals surface area contributed by atoms with Gasteiger partial charge in [0, 0.05) is 18.5 Å². The third kappa shape index (κ3) is 3.57.